The van der Waals surface area contributed by atoms with Crippen LogP contribution in [0.1, 0.15) is 31.0 Å². The van der Waals surface area contributed by atoms with Crippen LogP contribution in [-0.2, 0) is 14.3 Å². The molecular weight excluding hydrogens is 426 g/mol. The van der Waals surface area contributed by atoms with Crippen molar-refractivity contribution in [2.45, 2.75) is 26.0 Å². The number of nitrogens with zero attached hydrogens (tertiary/aromatic N) is 1. The molecule has 0 aliphatic carbocycles. The number of rotatable bonds is 9. The van der Waals surface area contributed by atoms with Crippen LogP contribution in [0.4, 0.5) is 0 Å². The minimum absolute atomic E-state index is 0.00177. The Morgan fingerprint density at radius 2 is 1.67 bits per heavy atom. The molecule has 8 nitrogen and oxygen atoms in total. The van der Waals surface area contributed by atoms with Gasteiger partial charge in [-0.3, -0.25) is 9.59 Å². The van der Waals surface area contributed by atoms with Crippen molar-refractivity contribution in [3.8, 4) is 17.2 Å². The van der Waals surface area contributed by atoms with Gasteiger partial charge in [-0.15, -0.1) is 0 Å². The van der Waals surface area contributed by atoms with Crippen molar-refractivity contribution in [2.24, 2.45) is 0 Å². The molecule has 0 spiro atoms. The number of hydrogen-bond acceptors (Lipinski definition) is 7. The van der Waals surface area contributed by atoms with Crippen LogP contribution in [0.15, 0.2) is 48.0 Å². The highest BCUT2D eigenvalue weighted by Gasteiger charge is 2.47. The molecule has 1 N–H and O–H groups in total. The van der Waals surface area contributed by atoms with Gasteiger partial charge in [-0.2, -0.15) is 0 Å². The van der Waals surface area contributed by atoms with Crippen LogP contribution >= 0.6 is 0 Å². The Bertz CT molecular complexity index is 1040. The highest BCUT2D eigenvalue weighted by molar-refractivity contribution is 6.46. The number of aliphatic hydroxyl groups is 1. The van der Waals surface area contributed by atoms with Gasteiger partial charge in [0.2, 0.25) is 0 Å². The normalized spacial score (nSPS) is 17.5. The summed E-state index contributed by atoms with van der Waals surface area (Å²) in [6.45, 7) is 4.22. The highest BCUT2D eigenvalue weighted by Crippen LogP contribution is 2.43. The summed E-state index contributed by atoms with van der Waals surface area (Å²) in [6.07, 6.45) is -0.00177. The number of carbonyl (C=O) groups is 2. The number of methoxy groups -OCH3 is 3. The molecule has 1 fully saturated rings. The van der Waals surface area contributed by atoms with E-state index >= 15 is 0 Å². The van der Waals surface area contributed by atoms with Crippen LogP contribution in [0, 0.1) is 0 Å². The monoisotopic (exact) mass is 455 g/mol. The Morgan fingerprint density at radius 3 is 2.24 bits per heavy atom. The molecule has 2 aromatic rings. The van der Waals surface area contributed by atoms with Crippen LogP contribution in [-0.4, -0.2) is 62.3 Å². The predicted octanol–water partition coefficient (Wildman–Crippen LogP) is 3.56. The summed E-state index contributed by atoms with van der Waals surface area (Å²) in [7, 11) is 4.54. The maximum Gasteiger partial charge on any atom is 0.295 e. The lowest BCUT2D eigenvalue weighted by Gasteiger charge is -2.26. The summed E-state index contributed by atoms with van der Waals surface area (Å²) in [6, 6.07) is 11.0. The molecule has 0 saturated carbocycles. The van der Waals surface area contributed by atoms with E-state index in [1.54, 1.807) is 42.5 Å². The molecule has 0 radical (unpaired) electrons. The van der Waals surface area contributed by atoms with Gasteiger partial charge in [-0.25, -0.2) is 0 Å². The lowest BCUT2D eigenvalue weighted by molar-refractivity contribution is -0.140. The van der Waals surface area contributed by atoms with Crippen molar-refractivity contribution in [1.82, 2.24) is 4.90 Å². The lowest BCUT2D eigenvalue weighted by Crippen LogP contribution is -2.32. The van der Waals surface area contributed by atoms with E-state index in [-0.39, 0.29) is 30.6 Å². The predicted molar refractivity (Wildman–Crippen MR) is 123 cm³/mol. The van der Waals surface area contributed by atoms with Crippen LogP contribution < -0.4 is 14.2 Å². The van der Waals surface area contributed by atoms with Gasteiger partial charge in [0.05, 0.1) is 38.5 Å². The van der Waals surface area contributed by atoms with E-state index in [9.17, 15) is 14.7 Å². The minimum atomic E-state index is -0.854. The van der Waals surface area contributed by atoms with E-state index in [4.69, 9.17) is 18.9 Å². The third kappa shape index (κ3) is 4.96. The van der Waals surface area contributed by atoms with Crippen molar-refractivity contribution in [3.05, 3.63) is 59.2 Å². The SMILES string of the molecule is COCCN1C(=O)C(=O)/C(=C(\O)c2ccc(OC(C)C)cc2)C1c1ccc(OC)cc1OC. The van der Waals surface area contributed by atoms with E-state index in [0.717, 1.165) is 0 Å². The first-order valence-electron chi connectivity index (χ1n) is 10.6. The number of ether oxygens (including phenoxy) is 4. The number of amides is 1. The number of carbonyl (C=O) groups excluding carboxylic acids is 2. The van der Waals surface area contributed by atoms with Crippen LogP contribution in [0.5, 0.6) is 17.2 Å². The van der Waals surface area contributed by atoms with Crippen molar-refractivity contribution in [1.29, 1.82) is 0 Å². The fourth-order valence-corrected chi connectivity index (χ4v) is 3.79. The molecule has 0 bridgehead atoms. The van der Waals surface area contributed by atoms with E-state index in [0.29, 0.717) is 28.4 Å². The van der Waals surface area contributed by atoms with Crippen LogP contribution in [0.25, 0.3) is 5.76 Å². The van der Waals surface area contributed by atoms with Gasteiger partial charge in [-0.1, -0.05) is 0 Å². The number of hydrogen-bond donors (Lipinski definition) is 1. The number of ketones is 1. The Hall–Kier alpha value is -3.52. The van der Waals surface area contributed by atoms with Gasteiger partial charge in [0, 0.05) is 30.8 Å². The summed E-state index contributed by atoms with van der Waals surface area (Å²) >= 11 is 0. The number of benzene rings is 2. The Kier molecular flexibility index (Phi) is 7.60. The summed E-state index contributed by atoms with van der Waals surface area (Å²) in [4.78, 5) is 27.4. The summed E-state index contributed by atoms with van der Waals surface area (Å²) in [5.41, 5.74) is 0.931. The first-order chi connectivity index (χ1) is 15.8. The van der Waals surface area contributed by atoms with Gasteiger partial charge in [0.25, 0.3) is 11.7 Å². The van der Waals surface area contributed by atoms with Crippen molar-refractivity contribution in [3.63, 3.8) is 0 Å². The van der Waals surface area contributed by atoms with Crippen molar-refractivity contribution in [2.75, 3.05) is 34.5 Å². The fourth-order valence-electron chi connectivity index (χ4n) is 3.79. The largest absolute Gasteiger partial charge is 0.507 e. The molecule has 1 heterocycles. The van der Waals surface area contributed by atoms with Gasteiger partial charge in [0.15, 0.2) is 0 Å². The standard InChI is InChI=1S/C25H29NO7/c1-15(2)33-17-8-6-16(7-9-17)23(27)21-22(26(12-13-30-3)25(29)24(21)28)19-11-10-18(31-4)14-20(19)32-5/h6-11,14-15,22,27H,12-13H2,1-5H3/b23-21-. The van der Waals surface area contributed by atoms with Gasteiger partial charge in [0.1, 0.15) is 23.0 Å². The topological polar surface area (TPSA) is 94.5 Å². The van der Waals surface area contributed by atoms with Gasteiger partial charge >= 0.3 is 0 Å². The molecular formula is C25H29NO7. The fraction of sp³-hybridized carbons (Fsp3) is 0.360. The maximum atomic E-state index is 13.1. The third-order valence-corrected chi connectivity index (χ3v) is 5.31. The molecule has 1 atom stereocenters. The first-order valence-corrected chi connectivity index (χ1v) is 10.6. The molecule has 1 unspecified atom stereocenters. The third-order valence-electron chi connectivity index (χ3n) is 5.31. The molecule has 1 aliphatic rings. The highest BCUT2D eigenvalue weighted by atomic mass is 16.5. The summed E-state index contributed by atoms with van der Waals surface area (Å²) in [5.74, 6) is -0.131. The number of likely N-dealkylation sites (tertiary alicyclic amines) is 1. The van der Waals surface area contributed by atoms with E-state index < -0.39 is 17.7 Å². The number of Topliss-reactive ketones (excluding diaryl/α,β-unsaturated/α-hetero) is 1. The molecule has 1 aliphatic heterocycles. The number of aliphatic hydroxyl groups excluding tert-OH is 1. The van der Waals surface area contributed by atoms with Crippen LogP contribution in [0.2, 0.25) is 0 Å². The molecule has 176 valence electrons. The lowest BCUT2D eigenvalue weighted by atomic mass is 9.94. The Labute approximate surface area is 193 Å². The quantitative estimate of drug-likeness (QED) is 0.351. The second-order valence-electron chi connectivity index (χ2n) is 7.78. The zero-order valence-electron chi connectivity index (χ0n) is 19.5. The molecule has 33 heavy (non-hydrogen) atoms. The molecule has 8 heteroatoms. The zero-order valence-corrected chi connectivity index (χ0v) is 19.5. The average molecular weight is 456 g/mol. The van der Waals surface area contributed by atoms with Crippen molar-refractivity contribution < 1.29 is 33.6 Å². The summed E-state index contributed by atoms with van der Waals surface area (Å²) < 4.78 is 21.6. The maximum absolute atomic E-state index is 13.1. The van der Waals surface area contributed by atoms with Crippen LogP contribution in [0.3, 0.4) is 0 Å². The van der Waals surface area contributed by atoms with Crippen molar-refractivity contribution >= 4 is 17.4 Å². The second kappa shape index (κ2) is 10.4. The average Bonchev–Trinajstić information content (AvgIpc) is 3.06. The van der Waals surface area contributed by atoms with Gasteiger partial charge < -0.3 is 29.0 Å². The Morgan fingerprint density at radius 1 is 1.00 bits per heavy atom. The summed E-state index contributed by atoms with van der Waals surface area (Å²) in [5, 5.41) is 11.2. The molecule has 0 aromatic heterocycles. The van der Waals surface area contributed by atoms with Gasteiger partial charge in [-0.05, 0) is 50.2 Å². The second-order valence-corrected chi connectivity index (χ2v) is 7.78. The molecule has 1 saturated heterocycles. The molecule has 1 amide bonds. The van der Waals surface area contributed by atoms with E-state index in [1.165, 1.54) is 26.2 Å². The molecule has 3 rings (SSSR count). The zero-order chi connectivity index (χ0) is 24.1. The van der Waals surface area contributed by atoms with E-state index in [2.05, 4.69) is 0 Å². The minimum Gasteiger partial charge on any atom is -0.507 e. The van der Waals surface area contributed by atoms with E-state index in [1.807, 2.05) is 13.8 Å². The smallest absolute Gasteiger partial charge is 0.295 e. The first kappa shape index (κ1) is 24.1. The Balaban J connectivity index is 2.14. The molecule has 2 aromatic carbocycles.